The third kappa shape index (κ3) is 9.78. The van der Waals surface area contributed by atoms with Gasteiger partial charge in [0.05, 0.1) is 41.6 Å². The summed E-state index contributed by atoms with van der Waals surface area (Å²) in [7, 11) is 0.324. The lowest BCUT2D eigenvalue weighted by Crippen LogP contribution is -2.37. The summed E-state index contributed by atoms with van der Waals surface area (Å²) in [6, 6.07) is 34.5. The number of benzene rings is 5. The molecule has 2 atom stereocenters. The summed E-state index contributed by atoms with van der Waals surface area (Å²) in [4.78, 5) is 14.9. The maximum Gasteiger partial charge on any atom is 0.186 e. The molecule has 1 saturated heterocycles. The Morgan fingerprint density at radius 2 is 1.55 bits per heavy atom. The van der Waals surface area contributed by atoms with Gasteiger partial charge in [-0.15, -0.1) is 0 Å². The van der Waals surface area contributed by atoms with Crippen molar-refractivity contribution in [2.45, 2.75) is 116 Å². The fourth-order valence-corrected chi connectivity index (χ4v) is 13.2. The molecule has 2 aliphatic heterocycles. The topological polar surface area (TPSA) is 66.5 Å². The van der Waals surface area contributed by atoms with Gasteiger partial charge in [-0.25, -0.2) is 0 Å². The van der Waals surface area contributed by atoms with Gasteiger partial charge in [0.15, 0.2) is 5.78 Å². The minimum atomic E-state index is -1.46. The SMILES string of the molecule is C=C(C)C(=O)C(C)OCCOCCOC1(c2ccccc2)C=CC(OC)=C(C2=CCOc3c2c2c(c4cc(N5CCCCC5)ccc34)-c3ccc(-c4ccc([Si](C)(C)C)cc4)cc3C2(CCC)CCC)C1. The van der Waals surface area contributed by atoms with Gasteiger partial charge in [-0.2, -0.15) is 0 Å². The number of ether oxygens (including phenoxy) is 5. The number of carbonyl (C=O) groups excluding carboxylic acids is 1. The highest BCUT2D eigenvalue weighted by Crippen LogP contribution is 2.62. The zero-order valence-electron chi connectivity index (χ0n) is 43.7. The van der Waals surface area contributed by atoms with E-state index < -0.39 is 19.8 Å². The maximum absolute atomic E-state index is 12.3. The molecule has 372 valence electrons. The zero-order chi connectivity index (χ0) is 49.9. The van der Waals surface area contributed by atoms with Crippen LogP contribution in [0.4, 0.5) is 5.69 Å². The van der Waals surface area contributed by atoms with E-state index in [9.17, 15) is 4.79 Å². The Morgan fingerprint density at radius 1 is 0.831 bits per heavy atom. The van der Waals surface area contributed by atoms with Gasteiger partial charge >= 0.3 is 0 Å². The summed E-state index contributed by atoms with van der Waals surface area (Å²) in [6.07, 6.45) is 14.4. The van der Waals surface area contributed by atoms with Crippen LogP contribution in [0.25, 0.3) is 38.6 Å². The maximum atomic E-state index is 12.3. The molecular formula is C63H75NO6Si. The molecule has 0 saturated carbocycles. The molecule has 2 aliphatic carbocycles. The second kappa shape index (κ2) is 21.3. The Hall–Kier alpha value is -5.51. The summed E-state index contributed by atoms with van der Waals surface area (Å²) < 4.78 is 32.3. The average Bonchev–Trinajstić information content (AvgIpc) is 3.67. The van der Waals surface area contributed by atoms with Crippen molar-refractivity contribution in [2.75, 3.05) is 58.1 Å². The van der Waals surface area contributed by atoms with Crippen molar-refractivity contribution in [1.29, 1.82) is 0 Å². The van der Waals surface area contributed by atoms with Crippen LogP contribution >= 0.6 is 0 Å². The minimum absolute atomic E-state index is 0.0946. The Morgan fingerprint density at radius 3 is 2.24 bits per heavy atom. The van der Waals surface area contributed by atoms with Gasteiger partial charge in [0.2, 0.25) is 0 Å². The number of methoxy groups -OCH3 is 1. The van der Waals surface area contributed by atoms with Gasteiger partial charge in [-0.05, 0) is 144 Å². The Balaban J connectivity index is 1.17. The van der Waals surface area contributed by atoms with Crippen LogP contribution in [0.1, 0.15) is 101 Å². The number of rotatable bonds is 20. The monoisotopic (exact) mass is 970 g/mol. The normalized spacial score (nSPS) is 18.6. The first-order valence-electron chi connectivity index (χ1n) is 26.4. The zero-order valence-corrected chi connectivity index (χ0v) is 44.7. The van der Waals surface area contributed by atoms with Crippen LogP contribution < -0.4 is 14.8 Å². The van der Waals surface area contributed by atoms with E-state index in [0.717, 1.165) is 72.4 Å². The highest BCUT2D eigenvalue weighted by atomic mass is 28.3. The van der Waals surface area contributed by atoms with Crippen molar-refractivity contribution >= 4 is 41.1 Å². The Bertz CT molecular complexity index is 2860. The molecule has 4 aliphatic rings. The molecule has 71 heavy (non-hydrogen) atoms. The standard InChI is InChI=1S/C63H75NO6Si/c1-10-30-62(31-11-2)55-40-46(45-20-24-49(25-21-45)71(7,8)9)22-26-52(55)57-53-41-48(64-33-16-13-17-34-64)23-27-51(53)61-58(59(57)62)50(29-35-69-61)54-42-63(32-28-56(54)66-6,47-18-14-12-15-19-47)70-39-37-67-36-38-68-44(5)60(65)43(3)4/h12,14-15,18-29,32,40-41,44H,3,10-11,13,16-17,30-31,33-39,42H2,1-2,4-9H3. The van der Waals surface area contributed by atoms with Crippen molar-refractivity contribution in [1.82, 2.24) is 0 Å². The number of ketones is 1. The second-order valence-corrected chi connectivity index (χ2v) is 26.3. The molecule has 0 aromatic heterocycles. The molecule has 0 N–H and O–H groups in total. The Labute approximate surface area is 424 Å². The van der Waals surface area contributed by atoms with Crippen molar-refractivity contribution in [3.63, 3.8) is 0 Å². The number of hydrogen-bond acceptors (Lipinski definition) is 7. The molecule has 1 fully saturated rings. The van der Waals surface area contributed by atoms with Crippen LogP contribution in [-0.2, 0) is 34.8 Å². The van der Waals surface area contributed by atoms with E-state index in [1.54, 1.807) is 21.0 Å². The third-order valence-electron chi connectivity index (χ3n) is 15.5. The van der Waals surface area contributed by atoms with Crippen molar-refractivity contribution < 1.29 is 28.5 Å². The van der Waals surface area contributed by atoms with E-state index in [1.807, 2.05) is 0 Å². The fraction of sp³-hybridized carbons (Fsp3) is 0.413. The van der Waals surface area contributed by atoms with E-state index in [0.29, 0.717) is 45.0 Å². The molecular weight excluding hydrogens is 895 g/mol. The van der Waals surface area contributed by atoms with Gasteiger partial charge in [0.1, 0.15) is 29.8 Å². The smallest absolute Gasteiger partial charge is 0.186 e. The molecule has 2 heterocycles. The molecule has 0 spiro atoms. The van der Waals surface area contributed by atoms with E-state index >= 15 is 0 Å². The lowest BCUT2D eigenvalue weighted by Gasteiger charge is -2.39. The molecule has 8 heteroatoms. The lowest BCUT2D eigenvalue weighted by atomic mass is 9.67. The van der Waals surface area contributed by atoms with Crippen LogP contribution in [-0.4, -0.2) is 73.2 Å². The van der Waals surface area contributed by atoms with Crippen LogP contribution in [0.3, 0.4) is 0 Å². The summed E-state index contributed by atoms with van der Waals surface area (Å²) in [5.41, 5.74) is 13.3. The number of allylic oxidation sites excluding steroid dienone is 2. The fourth-order valence-electron chi connectivity index (χ4n) is 12.0. The number of fused-ring (bicyclic) bond motifs is 8. The molecule has 2 unspecified atom stereocenters. The molecule has 0 amide bonds. The van der Waals surface area contributed by atoms with Crippen molar-refractivity contribution in [3.8, 4) is 28.0 Å². The number of piperidine rings is 1. The highest BCUT2D eigenvalue weighted by molar-refractivity contribution is 6.88. The predicted molar refractivity (Wildman–Crippen MR) is 296 cm³/mol. The molecule has 9 rings (SSSR count). The molecule has 0 radical (unpaired) electrons. The summed E-state index contributed by atoms with van der Waals surface area (Å²) in [6.45, 7) is 23.2. The first-order valence-corrected chi connectivity index (χ1v) is 29.9. The van der Waals surface area contributed by atoms with Gasteiger partial charge < -0.3 is 28.6 Å². The van der Waals surface area contributed by atoms with Crippen LogP contribution in [0.2, 0.25) is 19.6 Å². The van der Waals surface area contributed by atoms with Crippen molar-refractivity contribution in [2.24, 2.45) is 0 Å². The van der Waals surface area contributed by atoms with Crippen LogP contribution in [0.15, 0.2) is 133 Å². The molecule has 5 aromatic carbocycles. The van der Waals surface area contributed by atoms with Gasteiger partial charge in [-0.3, -0.25) is 4.79 Å². The Kier molecular flexibility index (Phi) is 15.1. The van der Waals surface area contributed by atoms with Crippen LogP contribution in [0.5, 0.6) is 5.75 Å². The highest BCUT2D eigenvalue weighted by Gasteiger charge is 2.48. The van der Waals surface area contributed by atoms with Gasteiger partial charge in [0.25, 0.3) is 0 Å². The van der Waals surface area contributed by atoms with Crippen LogP contribution in [0, 0.1) is 0 Å². The van der Waals surface area contributed by atoms with Crippen molar-refractivity contribution in [3.05, 3.63) is 155 Å². The number of Topliss-reactive ketones (excluding diaryl/α,β-unsaturated/α-hetero) is 1. The molecule has 5 aromatic rings. The number of nitrogens with zero attached hydrogens (tertiary/aromatic N) is 1. The summed E-state index contributed by atoms with van der Waals surface area (Å²) in [5, 5.41) is 3.91. The number of anilines is 1. The van der Waals surface area contributed by atoms with E-state index in [-0.39, 0.29) is 11.2 Å². The summed E-state index contributed by atoms with van der Waals surface area (Å²) in [5.74, 6) is 1.70. The first-order chi connectivity index (χ1) is 34.3. The van der Waals surface area contributed by atoms with Gasteiger partial charge in [0, 0.05) is 47.1 Å². The quantitative estimate of drug-likeness (QED) is 0.0437. The molecule has 7 nitrogen and oxygen atoms in total. The van der Waals surface area contributed by atoms with E-state index in [4.69, 9.17) is 23.7 Å². The minimum Gasteiger partial charge on any atom is -0.496 e. The lowest BCUT2D eigenvalue weighted by molar-refractivity contribution is -0.126. The largest absolute Gasteiger partial charge is 0.496 e. The van der Waals surface area contributed by atoms with E-state index in [2.05, 4.69) is 154 Å². The third-order valence-corrected chi connectivity index (χ3v) is 17.6. The number of carbonyl (C=O) groups is 1. The first kappa shape index (κ1) is 50.4. The number of hydrogen-bond donors (Lipinski definition) is 0. The average molecular weight is 970 g/mol. The van der Waals surface area contributed by atoms with E-state index in [1.165, 1.54) is 74.5 Å². The second-order valence-electron chi connectivity index (χ2n) is 21.3. The predicted octanol–water partition coefficient (Wildman–Crippen LogP) is 14.0. The summed E-state index contributed by atoms with van der Waals surface area (Å²) >= 11 is 0. The van der Waals surface area contributed by atoms with Gasteiger partial charge in [-0.1, -0.05) is 125 Å². The molecule has 0 bridgehead atoms.